The summed E-state index contributed by atoms with van der Waals surface area (Å²) >= 11 is 0. The zero-order valence-electron chi connectivity index (χ0n) is 11.9. The fraction of sp³-hybridized carbons (Fsp3) is 0. The van der Waals surface area contributed by atoms with Crippen LogP contribution in [-0.2, 0) is 4.79 Å². The topological polar surface area (TPSA) is 68.0 Å². The maximum absolute atomic E-state index is 11.4. The number of rotatable bonds is 3. The molecule has 0 spiro atoms. The third-order valence-corrected chi connectivity index (χ3v) is 3.41. The van der Waals surface area contributed by atoms with Gasteiger partial charge in [0.1, 0.15) is 0 Å². The van der Waals surface area contributed by atoms with E-state index in [1.165, 1.54) is 6.08 Å². The van der Waals surface area contributed by atoms with Crippen molar-refractivity contribution in [3.63, 3.8) is 0 Å². The fourth-order valence-corrected chi connectivity index (χ4v) is 2.30. The molecule has 22 heavy (non-hydrogen) atoms. The molecule has 108 valence electrons. The number of carbonyl (C=O) groups is 1. The van der Waals surface area contributed by atoms with E-state index in [2.05, 4.69) is 16.9 Å². The van der Waals surface area contributed by atoms with Gasteiger partial charge < -0.3 is 11.1 Å². The molecule has 0 saturated carbocycles. The van der Waals surface area contributed by atoms with Crippen molar-refractivity contribution in [3.8, 4) is 11.3 Å². The molecule has 4 heteroatoms. The Kier molecular flexibility index (Phi) is 3.58. The summed E-state index contributed by atoms with van der Waals surface area (Å²) in [6.45, 7) is 3.44. The number of aromatic nitrogens is 1. The molecule has 3 N–H and O–H groups in total. The average molecular weight is 289 g/mol. The van der Waals surface area contributed by atoms with Gasteiger partial charge in [0.15, 0.2) is 0 Å². The Morgan fingerprint density at radius 3 is 2.82 bits per heavy atom. The van der Waals surface area contributed by atoms with E-state index in [-0.39, 0.29) is 5.91 Å². The predicted octanol–water partition coefficient (Wildman–Crippen LogP) is 3.61. The second kappa shape index (κ2) is 5.69. The average Bonchev–Trinajstić information content (AvgIpc) is 2.55. The van der Waals surface area contributed by atoms with Gasteiger partial charge in [0, 0.05) is 33.9 Å². The Balaban J connectivity index is 2.03. The third-order valence-electron chi connectivity index (χ3n) is 3.41. The summed E-state index contributed by atoms with van der Waals surface area (Å²) in [5, 5.41) is 4.71. The zero-order chi connectivity index (χ0) is 15.5. The number of amides is 1. The second-order valence-corrected chi connectivity index (χ2v) is 4.91. The molecule has 0 atom stereocenters. The van der Waals surface area contributed by atoms with Gasteiger partial charge in [0.2, 0.25) is 5.91 Å². The van der Waals surface area contributed by atoms with Crippen LogP contribution in [0.4, 0.5) is 11.4 Å². The number of nitrogens with one attached hydrogen (secondary N) is 1. The molecule has 1 aromatic heterocycles. The van der Waals surface area contributed by atoms with Crippen LogP contribution < -0.4 is 11.1 Å². The summed E-state index contributed by atoms with van der Waals surface area (Å²) in [6, 6.07) is 15.2. The summed E-state index contributed by atoms with van der Waals surface area (Å²) in [5.41, 5.74) is 9.16. The first-order valence-electron chi connectivity index (χ1n) is 6.85. The Labute approximate surface area is 128 Å². The maximum Gasteiger partial charge on any atom is 0.247 e. The van der Waals surface area contributed by atoms with Gasteiger partial charge in [-0.1, -0.05) is 30.8 Å². The Morgan fingerprint density at radius 2 is 2.00 bits per heavy atom. The summed E-state index contributed by atoms with van der Waals surface area (Å²) in [7, 11) is 0. The molecule has 2 aromatic carbocycles. The van der Waals surface area contributed by atoms with Crippen LogP contribution in [0.25, 0.3) is 22.0 Å². The van der Waals surface area contributed by atoms with Crippen LogP contribution in [0, 0.1) is 0 Å². The summed E-state index contributed by atoms with van der Waals surface area (Å²) in [5.74, 6) is -0.243. The lowest BCUT2D eigenvalue weighted by Crippen LogP contribution is -2.07. The smallest absolute Gasteiger partial charge is 0.247 e. The van der Waals surface area contributed by atoms with E-state index in [9.17, 15) is 4.79 Å². The SMILES string of the molecule is C=CC(=O)Nc1cccc(-c2cc3c(N)cccc3cn2)c1. The molecule has 3 rings (SSSR count). The van der Waals surface area contributed by atoms with Crippen LogP contribution >= 0.6 is 0 Å². The van der Waals surface area contributed by atoms with Crippen LogP contribution in [0.1, 0.15) is 0 Å². The lowest BCUT2D eigenvalue weighted by atomic mass is 10.1. The quantitative estimate of drug-likeness (QED) is 0.571. The van der Waals surface area contributed by atoms with Crippen LogP contribution in [0.2, 0.25) is 0 Å². The molecule has 0 unspecified atom stereocenters. The highest BCUT2D eigenvalue weighted by molar-refractivity contribution is 5.99. The molecular weight excluding hydrogens is 274 g/mol. The molecule has 0 saturated heterocycles. The van der Waals surface area contributed by atoms with Gasteiger partial charge in [-0.2, -0.15) is 0 Å². The minimum Gasteiger partial charge on any atom is -0.398 e. The van der Waals surface area contributed by atoms with E-state index in [4.69, 9.17) is 5.73 Å². The number of anilines is 2. The maximum atomic E-state index is 11.4. The van der Waals surface area contributed by atoms with Gasteiger partial charge in [-0.3, -0.25) is 9.78 Å². The number of fused-ring (bicyclic) bond motifs is 1. The number of nitrogen functional groups attached to an aromatic ring is 1. The van der Waals surface area contributed by atoms with Crippen molar-refractivity contribution in [1.29, 1.82) is 0 Å². The molecule has 0 aliphatic rings. The van der Waals surface area contributed by atoms with Gasteiger partial charge in [-0.15, -0.1) is 0 Å². The number of nitrogens with zero attached hydrogens (tertiary/aromatic N) is 1. The largest absolute Gasteiger partial charge is 0.398 e. The van der Waals surface area contributed by atoms with Crippen molar-refractivity contribution >= 4 is 28.1 Å². The van der Waals surface area contributed by atoms with Crippen LogP contribution in [0.3, 0.4) is 0 Å². The number of carbonyl (C=O) groups excluding carboxylic acids is 1. The first-order chi connectivity index (χ1) is 10.7. The highest BCUT2D eigenvalue weighted by Gasteiger charge is 2.05. The number of benzene rings is 2. The Bertz CT molecular complexity index is 871. The molecule has 0 fully saturated rings. The van der Waals surface area contributed by atoms with Gasteiger partial charge >= 0.3 is 0 Å². The second-order valence-electron chi connectivity index (χ2n) is 4.91. The van der Waals surface area contributed by atoms with Gasteiger partial charge in [0.25, 0.3) is 0 Å². The molecule has 0 aliphatic carbocycles. The molecule has 1 amide bonds. The normalized spacial score (nSPS) is 10.4. The summed E-state index contributed by atoms with van der Waals surface area (Å²) in [4.78, 5) is 15.9. The van der Waals surface area contributed by atoms with Crippen molar-refractivity contribution < 1.29 is 4.79 Å². The molecule has 0 radical (unpaired) electrons. The first-order valence-corrected chi connectivity index (χ1v) is 6.85. The molecule has 3 aromatic rings. The third kappa shape index (κ3) is 2.67. The van der Waals surface area contributed by atoms with E-state index < -0.39 is 0 Å². The molecular formula is C18H15N3O. The van der Waals surface area contributed by atoms with Gasteiger partial charge in [0.05, 0.1) is 5.69 Å². The standard InChI is InChI=1S/C18H15N3O/c1-2-18(22)21-14-7-3-5-12(9-14)17-10-15-13(11-20-17)6-4-8-16(15)19/h2-11H,1,19H2,(H,21,22). The van der Waals surface area contributed by atoms with Crippen molar-refractivity contribution in [1.82, 2.24) is 4.98 Å². The van der Waals surface area contributed by atoms with Crippen molar-refractivity contribution in [2.45, 2.75) is 0 Å². The molecule has 0 aliphatic heterocycles. The summed E-state index contributed by atoms with van der Waals surface area (Å²) in [6.07, 6.45) is 3.04. The molecule has 1 heterocycles. The number of hydrogen-bond donors (Lipinski definition) is 2. The van der Waals surface area contributed by atoms with Crippen molar-refractivity contribution in [2.75, 3.05) is 11.1 Å². The first kappa shape index (κ1) is 13.8. The predicted molar refractivity (Wildman–Crippen MR) is 90.4 cm³/mol. The summed E-state index contributed by atoms with van der Waals surface area (Å²) < 4.78 is 0. The molecule has 4 nitrogen and oxygen atoms in total. The number of hydrogen-bond acceptors (Lipinski definition) is 3. The van der Waals surface area contributed by atoms with E-state index in [0.29, 0.717) is 5.69 Å². The van der Waals surface area contributed by atoms with Crippen LogP contribution in [0.5, 0.6) is 0 Å². The van der Waals surface area contributed by atoms with E-state index >= 15 is 0 Å². The monoisotopic (exact) mass is 289 g/mol. The Hall–Kier alpha value is -3.14. The van der Waals surface area contributed by atoms with Gasteiger partial charge in [-0.05, 0) is 30.3 Å². The number of nitrogens with two attached hydrogens (primary N) is 1. The highest BCUT2D eigenvalue weighted by Crippen LogP contribution is 2.27. The number of pyridine rings is 1. The zero-order valence-corrected chi connectivity index (χ0v) is 11.9. The fourth-order valence-electron chi connectivity index (χ4n) is 2.30. The van der Waals surface area contributed by atoms with E-state index in [1.54, 1.807) is 6.20 Å². The minimum absolute atomic E-state index is 0.243. The lowest BCUT2D eigenvalue weighted by molar-refractivity contribution is -0.111. The van der Waals surface area contributed by atoms with Crippen LogP contribution in [-0.4, -0.2) is 10.9 Å². The van der Waals surface area contributed by atoms with E-state index in [0.717, 1.165) is 27.7 Å². The van der Waals surface area contributed by atoms with E-state index in [1.807, 2.05) is 48.5 Å². The Morgan fingerprint density at radius 1 is 1.18 bits per heavy atom. The highest BCUT2D eigenvalue weighted by atomic mass is 16.1. The molecule has 0 bridgehead atoms. The van der Waals surface area contributed by atoms with Crippen molar-refractivity contribution in [2.24, 2.45) is 0 Å². The van der Waals surface area contributed by atoms with Crippen molar-refractivity contribution in [3.05, 3.63) is 67.4 Å². The minimum atomic E-state index is -0.243. The lowest BCUT2D eigenvalue weighted by Gasteiger charge is -2.07. The van der Waals surface area contributed by atoms with Crippen LogP contribution in [0.15, 0.2) is 67.4 Å². The van der Waals surface area contributed by atoms with Gasteiger partial charge in [-0.25, -0.2) is 0 Å².